The molecule has 23 heavy (non-hydrogen) atoms. The maximum atomic E-state index is 12.9. The molecule has 0 fully saturated rings. The number of esters is 1. The highest BCUT2D eigenvalue weighted by atomic mass is 127. The number of carbonyl (C=O) groups is 1. The van der Waals surface area contributed by atoms with Crippen molar-refractivity contribution in [3.05, 3.63) is 57.7 Å². The summed E-state index contributed by atoms with van der Waals surface area (Å²) in [5, 5.41) is 0. The van der Waals surface area contributed by atoms with E-state index in [0.29, 0.717) is 5.69 Å². The van der Waals surface area contributed by atoms with E-state index in [1.54, 1.807) is 36.4 Å². The Morgan fingerprint density at radius 1 is 1.09 bits per heavy atom. The first-order valence-corrected chi connectivity index (χ1v) is 9.28. The number of sulfonamides is 1. The minimum absolute atomic E-state index is 0.130. The fourth-order valence-electron chi connectivity index (χ4n) is 1.94. The molecular formula is C16H16INO4S. The van der Waals surface area contributed by atoms with E-state index in [2.05, 4.69) is 27.3 Å². The van der Waals surface area contributed by atoms with Crippen LogP contribution in [-0.2, 0) is 19.6 Å². The monoisotopic (exact) mass is 445 g/mol. The number of carbonyl (C=O) groups excluding carboxylic acids is 1. The Labute approximate surface area is 149 Å². The molecule has 0 spiro atoms. The SMILES string of the molecule is COC(=O)CN(c1ccc(I)cc1)S(=O)(=O)c1ccc(C)cc1. The summed E-state index contributed by atoms with van der Waals surface area (Å²) >= 11 is 2.13. The van der Waals surface area contributed by atoms with Gasteiger partial charge in [-0.2, -0.15) is 0 Å². The van der Waals surface area contributed by atoms with Crippen LogP contribution >= 0.6 is 22.6 Å². The van der Waals surface area contributed by atoms with Crippen molar-refractivity contribution in [1.82, 2.24) is 0 Å². The van der Waals surface area contributed by atoms with Crippen molar-refractivity contribution in [2.45, 2.75) is 11.8 Å². The molecule has 0 bridgehead atoms. The largest absolute Gasteiger partial charge is 0.468 e. The number of hydrogen-bond donors (Lipinski definition) is 0. The molecule has 122 valence electrons. The van der Waals surface area contributed by atoms with Crippen molar-refractivity contribution in [1.29, 1.82) is 0 Å². The second-order valence-electron chi connectivity index (χ2n) is 4.88. The standard InChI is InChI=1S/C16H16INO4S/c1-12-3-9-15(10-4-12)23(20,21)18(11-16(19)22-2)14-7-5-13(17)6-8-14/h3-10H,11H2,1-2H3. The maximum Gasteiger partial charge on any atom is 0.326 e. The minimum Gasteiger partial charge on any atom is -0.468 e. The molecule has 2 aromatic rings. The zero-order valence-electron chi connectivity index (χ0n) is 12.7. The van der Waals surface area contributed by atoms with Crippen LogP contribution in [0.2, 0.25) is 0 Å². The third-order valence-corrected chi connectivity index (χ3v) is 5.73. The first-order chi connectivity index (χ1) is 10.8. The predicted octanol–water partition coefficient (Wildman–Crippen LogP) is 2.97. The van der Waals surface area contributed by atoms with E-state index >= 15 is 0 Å². The van der Waals surface area contributed by atoms with Gasteiger partial charge in [-0.1, -0.05) is 17.7 Å². The molecule has 0 saturated carbocycles. The van der Waals surface area contributed by atoms with Gasteiger partial charge in [-0.3, -0.25) is 9.10 Å². The van der Waals surface area contributed by atoms with Gasteiger partial charge in [-0.05, 0) is 65.9 Å². The molecule has 7 heteroatoms. The third-order valence-electron chi connectivity index (χ3n) is 3.22. The van der Waals surface area contributed by atoms with Gasteiger partial charge in [0.05, 0.1) is 17.7 Å². The summed E-state index contributed by atoms with van der Waals surface area (Å²) in [7, 11) is -2.63. The lowest BCUT2D eigenvalue weighted by Gasteiger charge is -2.23. The smallest absolute Gasteiger partial charge is 0.326 e. The van der Waals surface area contributed by atoms with Gasteiger partial charge in [0.25, 0.3) is 10.0 Å². The van der Waals surface area contributed by atoms with Crippen molar-refractivity contribution >= 4 is 44.3 Å². The van der Waals surface area contributed by atoms with Gasteiger partial charge < -0.3 is 4.74 Å². The zero-order valence-corrected chi connectivity index (χ0v) is 15.7. The molecule has 0 heterocycles. The summed E-state index contributed by atoms with van der Waals surface area (Å²) in [6.07, 6.45) is 0. The number of rotatable bonds is 5. The number of benzene rings is 2. The number of hydrogen-bond acceptors (Lipinski definition) is 4. The Hall–Kier alpha value is -1.61. The zero-order chi connectivity index (χ0) is 17.0. The first-order valence-electron chi connectivity index (χ1n) is 6.76. The Morgan fingerprint density at radius 2 is 1.65 bits per heavy atom. The summed E-state index contributed by atoms with van der Waals surface area (Å²) in [6.45, 7) is 1.50. The van der Waals surface area contributed by atoms with Gasteiger partial charge in [0.15, 0.2) is 0 Å². The molecule has 0 aliphatic heterocycles. The van der Waals surface area contributed by atoms with Crippen molar-refractivity contribution in [3.8, 4) is 0 Å². The molecule has 0 unspecified atom stereocenters. The fraction of sp³-hybridized carbons (Fsp3) is 0.188. The highest BCUT2D eigenvalue weighted by Gasteiger charge is 2.27. The van der Waals surface area contributed by atoms with Gasteiger partial charge in [-0.15, -0.1) is 0 Å². The van der Waals surface area contributed by atoms with Crippen LogP contribution in [0, 0.1) is 10.5 Å². The lowest BCUT2D eigenvalue weighted by atomic mass is 10.2. The Kier molecular flexibility index (Phi) is 5.64. The van der Waals surface area contributed by atoms with E-state index in [-0.39, 0.29) is 11.4 Å². The summed E-state index contributed by atoms with van der Waals surface area (Å²) < 4.78 is 32.4. The molecule has 0 aliphatic rings. The maximum absolute atomic E-state index is 12.9. The topological polar surface area (TPSA) is 63.7 Å². The molecule has 0 saturated heterocycles. The lowest BCUT2D eigenvalue weighted by Crippen LogP contribution is -2.36. The fourth-order valence-corrected chi connectivity index (χ4v) is 3.71. The molecule has 0 aromatic heterocycles. The number of nitrogens with zero attached hydrogens (tertiary/aromatic N) is 1. The Bertz CT molecular complexity index is 786. The van der Waals surface area contributed by atoms with Gasteiger partial charge in [0, 0.05) is 3.57 Å². The van der Waals surface area contributed by atoms with Crippen LogP contribution in [0.4, 0.5) is 5.69 Å². The van der Waals surface area contributed by atoms with E-state index in [1.807, 2.05) is 6.92 Å². The van der Waals surface area contributed by atoms with Crippen LogP contribution in [0.3, 0.4) is 0 Å². The van der Waals surface area contributed by atoms with E-state index in [9.17, 15) is 13.2 Å². The van der Waals surface area contributed by atoms with Crippen molar-refractivity contribution < 1.29 is 17.9 Å². The van der Waals surface area contributed by atoms with Crippen molar-refractivity contribution in [3.63, 3.8) is 0 Å². The van der Waals surface area contributed by atoms with Gasteiger partial charge in [0.1, 0.15) is 6.54 Å². The quantitative estimate of drug-likeness (QED) is 0.525. The predicted molar refractivity (Wildman–Crippen MR) is 96.9 cm³/mol. The summed E-state index contributed by atoms with van der Waals surface area (Å²) in [5.41, 5.74) is 1.37. The van der Waals surface area contributed by atoms with Gasteiger partial charge >= 0.3 is 5.97 Å². The van der Waals surface area contributed by atoms with E-state index in [4.69, 9.17) is 0 Å². The van der Waals surface area contributed by atoms with Crippen LogP contribution in [0.5, 0.6) is 0 Å². The van der Waals surface area contributed by atoms with Crippen LogP contribution in [0.25, 0.3) is 0 Å². The summed E-state index contributed by atoms with van der Waals surface area (Å²) in [6, 6.07) is 13.4. The second kappa shape index (κ2) is 7.31. The molecule has 0 amide bonds. The molecule has 2 rings (SSSR count). The van der Waals surface area contributed by atoms with Crippen molar-refractivity contribution in [2.75, 3.05) is 18.0 Å². The van der Waals surface area contributed by atoms with Crippen molar-refractivity contribution in [2.24, 2.45) is 0 Å². The average molecular weight is 445 g/mol. The molecule has 5 nitrogen and oxygen atoms in total. The van der Waals surface area contributed by atoms with Gasteiger partial charge in [-0.25, -0.2) is 8.42 Å². The number of aryl methyl sites for hydroxylation is 1. The van der Waals surface area contributed by atoms with E-state index < -0.39 is 16.0 Å². The van der Waals surface area contributed by atoms with Gasteiger partial charge in [0.2, 0.25) is 0 Å². The summed E-state index contributed by atoms with van der Waals surface area (Å²) in [4.78, 5) is 11.8. The third kappa shape index (κ3) is 4.23. The van der Waals surface area contributed by atoms with Crippen LogP contribution in [-0.4, -0.2) is 28.0 Å². The Morgan fingerprint density at radius 3 is 2.17 bits per heavy atom. The lowest BCUT2D eigenvalue weighted by molar-refractivity contribution is -0.138. The molecule has 0 aliphatic carbocycles. The number of ether oxygens (including phenoxy) is 1. The number of anilines is 1. The number of methoxy groups -OCH3 is 1. The molecule has 0 N–H and O–H groups in total. The molecule has 0 radical (unpaired) electrons. The molecule has 2 aromatic carbocycles. The first kappa shape index (κ1) is 17.7. The Balaban J connectivity index is 2.49. The second-order valence-corrected chi connectivity index (χ2v) is 7.99. The molecule has 0 atom stereocenters. The van der Waals surface area contributed by atoms with E-state index in [1.165, 1.54) is 19.2 Å². The highest BCUT2D eigenvalue weighted by Crippen LogP contribution is 2.24. The van der Waals surface area contributed by atoms with Crippen LogP contribution in [0.15, 0.2) is 53.4 Å². The summed E-state index contributed by atoms with van der Waals surface area (Å²) in [5.74, 6) is -0.626. The normalized spacial score (nSPS) is 11.1. The average Bonchev–Trinajstić information content (AvgIpc) is 2.53. The van der Waals surface area contributed by atoms with Crippen LogP contribution < -0.4 is 4.31 Å². The van der Waals surface area contributed by atoms with E-state index in [0.717, 1.165) is 13.4 Å². The molecular weight excluding hydrogens is 429 g/mol. The minimum atomic E-state index is -3.86. The number of halogens is 1. The highest BCUT2D eigenvalue weighted by molar-refractivity contribution is 14.1. The van der Waals surface area contributed by atoms with Crippen LogP contribution in [0.1, 0.15) is 5.56 Å².